The van der Waals surface area contributed by atoms with E-state index in [0.29, 0.717) is 26.3 Å². The van der Waals surface area contributed by atoms with Crippen molar-refractivity contribution in [1.29, 1.82) is 0 Å². The smallest absolute Gasteiger partial charge is 0.0900 e. The minimum atomic E-state index is -0.501. The van der Waals surface area contributed by atoms with Crippen molar-refractivity contribution in [1.82, 2.24) is 4.90 Å². The van der Waals surface area contributed by atoms with Gasteiger partial charge in [0.2, 0.25) is 0 Å². The maximum Gasteiger partial charge on any atom is 0.0900 e. The van der Waals surface area contributed by atoms with Gasteiger partial charge in [-0.1, -0.05) is 35.7 Å². The number of aliphatic hydroxyl groups is 1. The predicted molar refractivity (Wildman–Crippen MR) is 77.8 cm³/mol. The summed E-state index contributed by atoms with van der Waals surface area (Å²) >= 11 is 0. The normalized spacial score (nSPS) is 12.4. The van der Waals surface area contributed by atoms with E-state index in [0.717, 1.165) is 6.54 Å². The van der Waals surface area contributed by atoms with Crippen LogP contribution in [0.4, 0.5) is 0 Å². The van der Waals surface area contributed by atoms with Gasteiger partial charge >= 0.3 is 0 Å². The van der Waals surface area contributed by atoms with Gasteiger partial charge in [-0.3, -0.25) is 4.90 Å². The molecule has 1 aromatic carbocycles. The Hall–Kier alpha value is -1.34. The van der Waals surface area contributed by atoms with E-state index in [1.807, 2.05) is 11.8 Å². The van der Waals surface area contributed by atoms with Crippen LogP contribution in [0.3, 0.4) is 0 Å². The van der Waals surface area contributed by atoms with Gasteiger partial charge in [-0.25, -0.2) is 0 Å². The number of terminal acetylenes is 1. The molecule has 0 unspecified atom stereocenters. The lowest BCUT2D eigenvalue weighted by molar-refractivity contribution is 0.0221. The molecule has 0 aliphatic rings. The summed E-state index contributed by atoms with van der Waals surface area (Å²) in [6.45, 7) is 6.74. The van der Waals surface area contributed by atoms with Gasteiger partial charge in [-0.15, -0.1) is 6.42 Å². The third kappa shape index (κ3) is 6.40. The molecule has 0 saturated carbocycles. The van der Waals surface area contributed by atoms with Gasteiger partial charge in [0.05, 0.1) is 19.3 Å². The number of ether oxygens (including phenoxy) is 1. The molecule has 1 rings (SSSR count). The van der Waals surface area contributed by atoms with Gasteiger partial charge in [0.15, 0.2) is 0 Å². The van der Waals surface area contributed by atoms with Crippen LogP contribution in [0.2, 0.25) is 0 Å². The molecular weight excluding hydrogens is 238 g/mol. The highest BCUT2D eigenvalue weighted by molar-refractivity contribution is 5.21. The van der Waals surface area contributed by atoms with Crippen LogP contribution in [-0.4, -0.2) is 42.4 Å². The number of aliphatic hydroxyl groups excluding tert-OH is 1. The molecule has 0 aliphatic carbocycles. The number of nitrogens with zero attached hydrogens (tertiary/aromatic N) is 1. The summed E-state index contributed by atoms with van der Waals surface area (Å²) in [5.41, 5.74) is 2.44. The van der Waals surface area contributed by atoms with Crippen molar-refractivity contribution in [2.24, 2.45) is 0 Å². The van der Waals surface area contributed by atoms with Crippen molar-refractivity contribution in [3.05, 3.63) is 35.4 Å². The lowest BCUT2D eigenvalue weighted by Crippen LogP contribution is -2.34. The average molecular weight is 261 g/mol. The van der Waals surface area contributed by atoms with E-state index >= 15 is 0 Å². The minimum absolute atomic E-state index is 0.353. The topological polar surface area (TPSA) is 32.7 Å². The Morgan fingerprint density at radius 3 is 2.63 bits per heavy atom. The molecule has 0 spiro atoms. The molecular formula is C16H23NO2. The van der Waals surface area contributed by atoms with Gasteiger partial charge in [0, 0.05) is 19.7 Å². The van der Waals surface area contributed by atoms with Gasteiger partial charge in [-0.2, -0.15) is 0 Å². The Labute approximate surface area is 116 Å². The highest BCUT2D eigenvalue weighted by atomic mass is 16.5. The van der Waals surface area contributed by atoms with Crippen LogP contribution in [-0.2, 0) is 11.3 Å². The number of hydrogen-bond donors (Lipinski definition) is 1. The largest absolute Gasteiger partial charge is 0.389 e. The molecule has 0 fully saturated rings. The number of benzene rings is 1. The summed E-state index contributed by atoms with van der Waals surface area (Å²) < 4.78 is 5.21. The van der Waals surface area contributed by atoms with Crippen LogP contribution in [0.25, 0.3) is 0 Å². The van der Waals surface area contributed by atoms with E-state index < -0.39 is 6.10 Å². The fourth-order valence-corrected chi connectivity index (χ4v) is 1.87. The van der Waals surface area contributed by atoms with Crippen LogP contribution in [0, 0.1) is 19.3 Å². The molecule has 1 aromatic rings. The Kier molecular flexibility index (Phi) is 7.20. The molecule has 1 atom stereocenters. The fraction of sp³-hybridized carbons (Fsp3) is 0.500. The van der Waals surface area contributed by atoms with Crippen molar-refractivity contribution in [3.63, 3.8) is 0 Å². The number of rotatable bonds is 8. The van der Waals surface area contributed by atoms with Crippen molar-refractivity contribution in [2.75, 3.05) is 26.3 Å². The molecule has 3 heteroatoms. The summed E-state index contributed by atoms with van der Waals surface area (Å²) in [7, 11) is 0. The van der Waals surface area contributed by atoms with E-state index in [1.54, 1.807) is 0 Å². The van der Waals surface area contributed by atoms with Gasteiger partial charge in [-0.05, 0) is 19.4 Å². The molecule has 0 aliphatic heterocycles. The Bertz CT molecular complexity index is 394. The van der Waals surface area contributed by atoms with Crippen molar-refractivity contribution in [2.45, 2.75) is 26.5 Å². The Morgan fingerprint density at radius 2 is 2.05 bits per heavy atom. The summed E-state index contributed by atoms with van der Waals surface area (Å²) in [5, 5.41) is 9.86. The van der Waals surface area contributed by atoms with Crippen molar-refractivity contribution in [3.8, 4) is 12.3 Å². The second-order valence-corrected chi connectivity index (χ2v) is 4.67. The summed E-state index contributed by atoms with van der Waals surface area (Å²) in [6.07, 6.45) is 4.88. The lowest BCUT2D eigenvalue weighted by atomic mass is 10.1. The molecule has 19 heavy (non-hydrogen) atoms. The van der Waals surface area contributed by atoms with Crippen LogP contribution >= 0.6 is 0 Å². The van der Waals surface area contributed by atoms with Crippen LogP contribution < -0.4 is 0 Å². The lowest BCUT2D eigenvalue weighted by Gasteiger charge is -2.23. The molecule has 0 heterocycles. The average Bonchev–Trinajstić information content (AvgIpc) is 2.39. The first-order valence-corrected chi connectivity index (χ1v) is 6.62. The molecule has 1 N–H and O–H groups in total. The monoisotopic (exact) mass is 261 g/mol. The van der Waals surface area contributed by atoms with Gasteiger partial charge in [0.25, 0.3) is 0 Å². The molecule has 0 radical (unpaired) electrons. The zero-order valence-electron chi connectivity index (χ0n) is 11.8. The maximum atomic E-state index is 9.86. The highest BCUT2D eigenvalue weighted by Gasteiger charge is 2.11. The molecule has 0 aromatic heterocycles. The first-order valence-electron chi connectivity index (χ1n) is 6.62. The van der Waals surface area contributed by atoms with E-state index in [9.17, 15) is 5.11 Å². The van der Waals surface area contributed by atoms with Gasteiger partial charge in [0.1, 0.15) is 0 Å². The van der Waals surface area contributed by atoms with Crippen LogP contribution in [0.5, 0.6) is 0 Å². The molecule has 0 bridgehead atoms. The van der Waals surface area contributed by atoms with Crippen LogP contribution in [0.1, 0.15) is 18.1 Å². The number of aryl methyl sites for hydroxylation is 1. The number of hydrogen-bond acceptors (Lipinski definition) is 3. The maximum absolute atomic E-state index is 9.86. The minimum Gasteiger partial charge on any atom is -0.389 e. The second kappa shape index (κ2) is 8.71. The van der Waals surface area contributed by atoms with Crippen LogP contribution in [0.15, 0.2) is 24.3 Å². The molecule has 3 nitrogen and oxygen atoms in total. The van der Waals surface area contributed by atoms with Gasteiger partial charge < -0.3 is 9.84 Å². The van der Waals surface area contributed by atoms with Crippen molar-refractivity contribution < 1.29 is 9.84 Å². The van der Waals surface area contributed by atoms with E-state index in [-0.39, 0.29) is 0 Å². The summed E-state index contributed by atoms with van der Waals surface area (Å²) in [4.78, 5) is 2.05. The van der Waals surface area contributed by atoms with Crippen molar-refractivity contribution >= 4 is 0 Å². The zero-order chi connectivity index (χ0) is 14.1. The van der Waals surface area contributed by atoms with E-state index in [1.165, 1.54) is 11.1 Å². The second-order valence-electron chi connectivity index (χ2n) is 4.67. The quantitative estimate of drug-likeness (QED) is 0.725. The summed E-state index contributed by atoms with van der Waals surface area (Å²) in [5.74, 6) is 2.63. The third-order valence-electron chi connectivity index (χ3n) is 2.82. The molecule has 0 amide bonds. The molecule has 104 valence electrons. The first-order chi connectivity index (χ1) is 9.15. The fourth-order valence-electron chi connectivity index (χ4n) is 1.87. The standard InChI is InChI=1S/C16H23NO2/c1-4-10-17(12-16(18)13-19-5-2)11-15-8-6-14(3)7-9-15/h1,6-9,16,18H,5,10-13H2,2-3H3/t16-/m0/s1. The Balaban J connectivity index is 2.52. The highest BCUT2D eigenvalue weighted by Crippen LogP contribution is 2.07. The first kappa shape index (κ1) is 15.7. The zero-order valence-corrected chi connectivity index (χ0v) is 11.8. The van der Waals surface area contributed by atoms with E-state index in [2.05, 4.69) is 37.1 Å². The predicted octanol–water partition coefficient (Wildman–Crippen LogP) is 1.83. The Morgan fingerprint density at radius 1 is 1.37 bits per heavy atom. The summed E-state index contributed by atoms with van der Waals surface area (Å²) in [6, 6.07) is 8.35. The SMILES string of the molecule is C#CCN(Cc1ccc(C)cc1)C[C@H](O)COCC. The van der Waals surface area contributed by atoms with E-state index in [4.69, 9.17) is 11.2 Å². The molecule has 0 saturated heterocycles. The third-order valence-corrected chi connectivity index (χ3v) is 2.82.